The van der Waals surface area contributed by atoms with E-state index in [4.69, 9.17) is 4.42 Å². The maximum atomic E-state index is 9.40. The van der Waals surface area contributed by atoms with Crippen molar-refractivity contribution in [1.29, 1.82) is 0 Å². The van der Waals surface area contributed by atoms with Gasteiger partial charge in [-0.2, -0.15) is 0 Å². The van der Waals surface area contributed by atoms with Crippen molar-refractivity contribution < 1.29 is 9.52 Å². The molecule has 0 aliphatic heterocycles. The Hall–Kier alpha value is -1.26. The van der Waals surface area contributed by atoms with Crippen molar-refractivity contribution >= 4 is 15.9 Å². The molecule has 0 spiro atoms. The fraction of sp³-hybridized carbons (Fsp3) is 0.231. The van der Waals surface area contributed by atoms with E-state index in [1.54, 1.807) is 18.4 Å². The molecule has 90 valence electrons. The van der Waals surface area contributed by atoms with Crippen LogP contribution < -0.4 is 5.32 Å². The molecule has 2 rings (SSSR count). The second-order valence-electron chi connectivity index (χ2n) is 3.89. The minimum Gasteiger partial charge on any atom is -0.508 e. The minimum atomic E-state index is 0.152. The number of rotatable bonds is 4. The number of phenols is 1. The van der Waals surface area contributed by atoms with Gasteiger partial charge < -0.3 is 14.8 Å². The lowest BCUT2D eigenvalue weighted by Gasteiger charge is -2.13. The van der Waals surface area contributed by atoms with E-state index < -0.39 is 0 Å². The normalized spacial score (nSPS) is 12.6. The molecule has 1 aromatic heterocycles. The molecule has 0 amide bonds. The lowest BCUT2D eigenvalue weighted by Crippen LogP contribution is -2.17. The first-order chi connectivity index (χ1) is 8.16. The third kappa shape index (κ3) is 3.11. The van der Waals surface area contributed by atoms with Crippen molar-refractivity contribution in [2.75, 3.05) is 0 Å². The molecule has 0 aliphatic carbocycles. The summed E-state index contributed by atoms with van der Waals surface area (Å²) in [5.74, 6) is 1.16. The topological polar surface area (TPSA) is 45.4 Å². The fourth-order valence-corrected chi connectivity index (χ4v) is 1.95. The number of aromatic hydroxyl groups is 1. The van der Waals surface area contributed by atoms with Gasteiger partial charge in [-0.3, -0.25) is 0 Å². The second kappa shape index (κ2) is 5.38. The van der Waals surface area contributed by atoms with Crippen molar-refractivity contribution in [2.24, 2.45) is 0 Å². The highest BCUT2D eigenvalue weighted by Crippen LogP contribution is 2.20. The van der Waals surface area contributed by atoms with Gasteiger partial charge in [-0.1, -0.05) is 12.1 Å². The maximum Gasteiger partial charge on any atom is 0.131 e. The van der Waals surface area contributed by atoms with Crippen LogP contribution >= 0.6 is 15.9 Å². The van der Waals surface area contributed by atoms with E-state index in [0.29, 0.717) is 6.54 Å². The number of halogens is 1. The van der Waals surface area contributed by atoms with E-state index >= 15 is 0 Å². The van der Waals surface area contributed by atoms with E-state index in [-0.39, 0.29) is 11.8 Å². The summed E-state index contributed by atoms with van der Waals surface area (Å²) >= 11 is 3.41. The third-order valence-corrected chi connectivity index (χ3v) is 3.34. The Morgan fingerprint density at radius 3 is 2.88 bits per heavy atom. The van der Waals surface area contributed by atoms with Gasteiger partial charge in [0.2, 0.25) is 0 Å². The molecule has 4 heteroatoms. The van der Waals surface area contributed by atoms with Gasteiger partial charge in [-0.15, -0.1) is 0 Å². The van der Waals surface area contributed by atoms with Gasteiger partial charge in [-0.05, 0) is 46.6 Å². The first-order valence-electron chi connectivity index (χ1n) is 5.41. The summed E-state index contributed by atoms with van der Waals surface area (Å²) in [5, 5.41) is 12.7. The number of hydrogen-bond donors (Lipinski definition) is 2. The molecule has 0 radical (unpaired) electrons. The molecular weight excluding hydrogens is 282 g/mol. The van der Waals surface area contributed by atoms with Crippen LogP contribution in [0.25, 0.3) is 0 Å². The zero-order chi connectivity index (χ0) is 12.3. The van der Waals surface area contributed by atoms with Crippen LogP contribution in [0.3, 0.4) is 0 Å². The number of phenolic OH excluding ortho intramolecular Hbond substituents is 1. The van der Waals surface area contributed by atoms with Crippen molar-refractivity contribution in [3.63, 3.8) is 0 Å². The van der Waals surface area contributed by atoms with Crippen molar-refractivity contribution in [3.05, 3.63) is 52.4 Å². The average molecular weight is 296 g/mol. The summed E-state index contributed by atoms with van der Waals surface area (Å²) in [4.78, 5) is 0. The molecular formula is C13H14BrNO2. The number of furan rings is 1. The highest BCUT2D eigenvalue weighted by molar-refractivity contribution is 9.10. The Morgan fingerprint density at radius 1 is 1.41 bits per heavy atom. The Balaban J connectivity index is 1.98. The Bertz CT molecular complexity index is 496. The van der Waals surface area contributed by atoms with Crippen molar-refractivity contribution in [1.82, 2.24) is 5.32 Å². The summed E-state index contributed by atoms with van der Waals surface area (Å²) in [7, 11) is 0. The smallest absolute Gasteiger partial charge is 0.131 e. The predicted octanol–water partition coefficient (Wildman–Crippen LogP) is 3.60. The van der Waals surface area contributed by atoms with Crippen LogP contribution in [0.4, 0.5) is 0 Å². The van der Waals surface area contributed by atoms with E-state index in [0.717, 1.165) is 15.8 Å². The highest BCUT2D eigenvalue weighted by Gasteiger charge is 2.08. The maximum absolute atomic E-state index is 9.40. The molecule has 0 fully saturated rings. The van der Waals surface area contributed by atoms with E-state index in [2.05, 4.69) is 21.2 Å². The fourth-order valence-electron chi connectivity index (χ4n) is 1.61. The zero-order valence-electron chi connectivity index (χ0n) is 9.48. The van der Waals surface area contributed by atoms with Crippen LogP contribution in [0.1, 0.15) is 24.3 Å². The van der Waals surface area contributed by atoms with Crippen LogP contribution in [0.15, 0.2) is 45.5 Å². The van der Waals surface area contributed by atoms with Crippen molar-refractivity contribution in [2.45, 2.75) is 19.5 Å². The van der Waals surface area contributed by atoms with Gasteiger partial charge in [0, 0.05) is 6.04 Å². The summed E-state index contributed by atoms with van der Waals surface area (Å²) in [6.07, 6.45) is 1.65. The summed E-state index contributed by atoms with van der Waals surface area (Å²) in [6, 6.07) is 9.27. The molecule has 1 aromatic carbocycles. The molecule has 2 N–H and O–H groups in total. The first kappa shape index (κ1) is 12.2. The highest BCUT2D eigenvalue weighted by atomic mass is 79.9. The lowest BCUT2D eigenvalue weighted by atomic mass is 10.1. The van der Waals surface area contributed by atoms with Gasteiger partial charge in [-0.25, -0.2) is 0 Å². The molecule has 0 saturated carbocycles. The molecule has 0 bridgehead atoms. The van der Waals surface area contributed by atoms with Crippen LogP contribution in [0.5, 0.6) is 5.75 Å². The monoisotopic (exact) mass is 295 g/mol. The van der Waals surface area contributed by atoms with Gasteiger partial charge in [0.05, 0.1) is 17.3 Å². The SMILES string of the molecule is CC(NCc1occc1Br)c1cccc(O)c1. The number of benzene rings is 1. The Morgan fingerprint density at radius 2 is 2.24 bits per heavy atom. The predicted molar refractivity (Wildman–Crippen MR) is 69.8 cm³/mol. The van der Waals surface area contributed by atoms with Gasteiger partial charge >= 0.3 is 0 Å². The molecule has 3 nitrogen and oxygen atoms in total. The molecule has 17 heavy (non-hydrogen) atoms. The van der Waals surface area contributed by atoms with E-state index in [1.165, 1.54) is 0 Å². The van der Waals surface area contributed by atoms with Crippen LogP contribution in [-0.4, -0.2) is 5.11 Å². The summed E-state index contributed by atoms with van der Waals surface area (Å²) in [5.41, 5.74) is 1.05. The molecule has 1 heterocycles. The Kier molecular flexibility index (Phi) is 3.86. The van der Waals surface area contributed by atoms with E-state index in [1.807, 2.05) is 25.1 Å². The zero-order valence-corrected chi connectivity index (χ0v) is 11.1. The summed E-state index contributed by atoms with van der Waals surface area (Å²) < 4.78 is 6.28. The van der Waals surface area contributed by atoms with E-state index in [9.17, 15) is 5.11 Å². The second-order valence-corrected chi connectivity index (χ2v) is 4.74. The van der Waals surface area contributed by atoms with Gasteiger partial charge in [0.15, 0.2) is 0 Å². The van der Waals surface area contributed by atoms with Crippen LogP contribution in [-0.2, 0) is 6.54 Å². The first-order valence-corrected chi connectivity index (χ1v) is 6.20. The third-order valence-electron chi connectivity index (χ3n) is 2.63. The largest absolute Gasteiger partial charge is 0.508 e. The number of nitrogens with one attached hydrogen (secondary N) is 1. The lowest BCUT2D eigenvalue weighted by molar-refractivity contribution is 0.454. The Labute approximate surface area is 109 Å². The van der Waals surface area contributed by atoms with Gasteiger partial charge in [0.1, 0.15) is 11.5 Å². The summed E-state index contributed by atoms with van der Waals surface area (Å²) in [6.45, 7) is 2.69. The number of hydrogen-bond acceptors (Lipinski definition) is 3. The van der Waals surface area contributed by atoms with Crippen LogP contribution in [0, 0.1) is 0 Å². The van der Waals surface area contributed by atoms with Crippen molar-refractivity contribution in [3.8, 4) is 5.75 Å². The molecule has 0 aliphatic rings. The minimum absolute atomic E-state index is 0.152. The average Bonchev–Trinajstić information content (AvgIpc) is 2.72. The molecule has 1 atom stereocenters. The van der Waals surface area contributed by atoms with Crippen LogP contribution in [0.2, 0.25) is 0 Å². The molecule has 0 saturated heterocycles. The quantitative estimate of drug-likeness (QED) is 0.906. The molecule has 2 aromatic rings. The van der Waals surface area contributed by atoms with Gasteiger partial charge in [0.25, 0.3) is 0 Å². The molecule has 1 unspecified atom stereocenters. The standard InChI is InChI=1S/C13H14BrNO2/c1-9(10-3-2-4-11(16)7-10)15-8-13-12(14)5-6-17-13/h2-7,9,15-16H,8H2,1H3.